The molecule has 1 aromatic heterocycles. The Morgan fingerprint density at radius 1 is 1.36 bits per heavy atom. The molecule has 0 bridgehead atoms. The van der Waals surface area contributed by atoms with E-state index in [1.807, 2.05) is 0 Å². The molecule has 1 aromatic carbocycles. The van der Waals surface area contributed by atoms with Crippen molar-refractivity contribution in [1.82, 2.24) is 9.78 Å². The molecule has 0 spiro atoms. The van der Waals surface area contributed by atoms with Gasteiger partial charge in [0.1, 0.15) is 17.5 Å². The predicted octanol–water partition coefficient (Wildman–Crippen LogP) is 1.33. The summed E-state index contributed by atoms with van der Waals surface area (Å²) in [5, 5.41) is 22.1. The summed E-state index contributed by atoms with van der Waals surface area (Å²) in [5.41, 5.74) is 5.67. The maximum Gasteiger partial charge on any atom is 0.354 e. The fraction of sp³-hybridized carbons (Fsp3) is 0.444. The van der Waals surface area contributed by atoms with Crippen molar-refractivity contribution < 1.29 is 18.8 Å². The number of urea groups is 1. The first-order valence-corrected chi connectivity index (χ1v) is 10.9. The first kappa shape index (κ1) is 17.7. The summed E-state index contributed by atoms with van der Waals surface area (Å²) in [6.07, 6.45) is 6.22. The fourth-order valence-corrected chi connectivity index (χ4v) is 5.20. The normalized spacial score (nSPS) is 21.0. The highest BCUT2D eigenvalue weighted by atomic mass is 32.2. The van der Waals surface area contributed by atoms with Crippen LogP contribution in [0, 0.1) is 0 Å². The number of carbonyl (C=O) groups excluding carboxylic acids is 1. The Balaban J connectivity index is 1.46. The molecule has 2 heterocycles. The van der Waals surface area contributed by atoms with Crippen LogP contribution >= 0.6 is 0 Å². The molecule has 4 N–H and O–H groups in total. The second-order valence-electron chi connectivity index (χ2n) is 7.38. The number of aryl methyl sites for hydroxylation is 2. The van der Waals surface area contributed by atoms with Crippen molar-refractivity contribution in [2.75, 3.05) is 18.5 Å². The van der Waals surface area contributed by atoms with Crippen LogP contribution in [-0.2, 0) is 35.6 Å². The first-order valence-electron chi connectivity index (χ1n) is 9.31. The van der Waals surface area contributed by atoms with Crippen LogP contribution in [-0.4, -0.2) is 38.3 Å². The fourth-order valence-electron chi connectivity index (χ4n) is 4.21. The van der Waals surface area contributed by atoms with Gasteiger partial charge in [0.15, 0.2) is 9.92 Å². The quantitative estimate of drug-likeness (QED) is 0.711. The SMILES string of the molecule is NS(=O)(=NC(=O)Nc1c2c(cc3c1CC3)CCC2)c1cnn2c1OC[C@@H]2CO. The van der Waals surface area contributed by atoms with E-state index in [2.05, 4.69) is 20.8 Å². The lowest BCUT2D eigenvalue weighted by Gasteiger charge is -2.25. The van der Waals surface area contributed by atoms with E-state index in [1.54, 1.807) is 0 Å². The lowest BCUT2D eigenvalue weighted by atomic mass is 9.83. The van der Waals surface area contributed by atoms with E-state index in [9.17, 15) is 14.1 Å². The third kappa shape index (κ3) is 2.63. The van der Waals surface area contributed by atoms with Crippen molar-refractivity contribution in [1.29, 1.82) is 0 Å². The van der Waals surface area contributed by atoms with Gasteiger partial charge in [-0.05, 0) is 54.4 Å². The van der Waals surface area contributed by atoms with Gasteiger partial charge in [-0.25, -0.2) is 18.8 Å². The minimum absolute atomic E-state index is 0.0601. The van der Waals surface area contributed by atoms with Crippen molar-refractivity contribution in [2.24, 2.45) is 9.50 Å². The summed E-state index contributed by atoms with van der Waals surface area (Å²) in [7, 11) is -3.54. The molecule has 3 aliphatic rings. The van der Waals surface area contributed by atoms with E-state index in [0.29, 0.717) is 0 Å². The monoisotopic (exact) mass is 403 g/mol. The summed E-state index contributed by atoms with van der Waals surface area (Å²) in [4.78, 5) is 12.6. The highest BCUT2D eigenvalue weighted by Crippen LogP contribution is 2.40. The molecule has 28 heavy (non-hydrogen) atoms. The van der Waals surface area contributed by atoms with Crippen LogP contribution < -0.4 is 15.2 Å². The average molecular weight is 403 g/mol. The number of rotatable bonds is 3. The van der Waals surface area contributed by atoms with Crippen LogP contribution in [0.25, 0.3) is 0 Å². The molecule has 2 amide bonds. The summed E-state index contributed by atoms with van der Waals surface area (Å²) < 4.78 is 23.6. The summed E-state index contributed by atoms with van der Waals surface area (Å²) in [5.74, 6) is 0.188. The standard InChI is InChI=1S/C18H21N5O4S/c19-28(26,15-7-20-23-12(8-24)9-27-17(15)23)22-18(25)21-16-13-3-1-2-10(13)6-11-4-5-14(11)16/h6-7,12,24H,1-5,8-9H2,(H3,19,21,22,25,26)/t12-,28?/m0/s1. The third-order valence-electron chi connectivity index (χ3n) is 5.70. The van der Waals surface area contributed by atoms with Crippen molar-refractivity contribution in [2.45, 2.75) is 43.0 Å². The maximum atomic E-state index is 13.0. The number of aliphatic hydroxyl groups is 1. The molecule has 0 saturated heterocycles. The van der Waals surface area contributed by atoms with E-state index in [1.165, 1.54) is 22.0 Å². The van der Waals surface area contributed by atoms with Gasteiger partial charge >= 0.3 is 6.03 Å². The number of carbonyl (C=O) groups is 1. The number of hydrogen-bond donors (Lipinski definition) is 3. The van der Waals surface area contributed by atoms with E-state index in [0.717, 1.165) is 48.9 Å². The minimum Gasteiger partial charge on any atom is -0.475 e. The van der Waals surface area contributed by atoms with Crippen molar-refractivity contribution in [3.63, 3.8) is 0 Å². The van der Waals surface area contributed by atoms with E-state index < -0.39 is 15.9 Å². The molecule has 5 rings (SSSR count). The summed E-state index contributed by atoms with van der Waals surface area (Å²) in [6.45, 7) is 0.0401. The lowest BCUT2D eigenvalue weighted by Crippen LogP contribution is -2.21. The second-order valence-corrected chi connectivity index (χ2v) is 9.14. The number of nitrogens with zero attached hydrogens (tertiary/aromatic N) is 3. The number of amides is 2. The number of benzene rings is 1. The number of hydrogen-bond acceptors (Lipinski definition) is 5. The van der Waals surface area contributed by atoms with Gasteiger partial charge in [0.25, 0.3) is 0 Å². The molecule has 10 heteroatoms. The minimum atomic E-state index is -3.54. The Morgan fingerprint density at radius 3 is 2.89 bits per heavy atom. The molecule has 1 aliphatic heterocycles. The molecule has 2 aromatic rings. The number of ether oxygens (including phenoxy) is 1. The molecule has 2 aliphatic carbocycles. The zero-order valence-corrected chi connectivity index (χ0v) is 16.0. The van der Waals surface area contributed by atoms with Gasteiger partial charge in [-0.1, -0.05) is 6.07 Å². The Hall–Kier alpha value is -2.43. The third-order valence-corrected chi connectivity index (χ3v) is 7.04. The topological polar surface area (TPSA) is 132 Å². The van der Waals surface area contributed by atoms with Crippen molar-refractivity contribution in [3.05, 3.63) is 34.5 Å². The molecule has 148 valence electrons. The molecule has 2 atom stereocenters. The molecule has 0 radical (unpaired) electrons. The molecular weight excluding hydrogens is 382 g/mol. The Labute approximate surface area is 162 Å². The van der Waals surface area contributed by atoms with Crippen LogP contribution in [0.15, 0.2) is 21.5 Å². The largest absolute Gasteiger partial charge is 0.475 e. The average Bonchev–Trinajstić information content (AvgIpc) is 3.32. The zero-order valence-electron chi connectivity index (χ0n) is 15.2. The Morgan fingerprint density at radius 2 is 2.14 bits per heavy atom. The smallest absolute Gasteiger partial charge is 0.354 e. The second kappa shape index (κ2) is 6.29. The van der Waals surface area contributed by atoms with Crippen LogP contribution in [0.4, 0.5) is 10.5 Å². The van der Waals surface area contributed by atoms with Gasteiger partial charge in [0, 0.05) is 5.69 Å². The van der Waals surface area contributed by atoms with E-state index in [-0.39, 0.29) is 30.0 Å². The highest BCUT2D eigenvalue weighted by Gasteiger charge is 2.31. The van der Waals surface area contributed by atoms with E-state index >= 15 is 0 Å². The number of fused-ring (bicyclic) bond motifs is 3. The van der Waals surface area contributed by atoms with E-state index in [4.69, 9.17) is 9.88 Å². The van der Waals surface area contributed by atoms with Crippen LogP contribution in [0.2, 0.25) is 0 Å². The van der Waals surface area contributed by atoms with Crippen molar-refractivity contribution in [3.8, 4) is 5.88 Å². The van der Waals surface area contributed by atoms with Crippen LogP contribution in [0.3, 0.4) is 0 Å². The number of aliphatic hydroxyl groups excluding tert-OH is 1. The Kier molecular flexibility index (Phi) is 3.97. The Bertz CT molecular complexity index is 1120. The molecule has 9 nitrogen and oxygen atoms in total. The number of aromatic nitrogens is 2. The predicted molar refractivity (Wildman–Crippen MR) is 102 cm³/mol. The van der Waals surface area contributed by atoms with Crippen molar-refractivity contribution >= 4 is 21.6 Å². The number of nitrogens with one attached hydrogen (secondary N) is 1. The highest BCUT2D eigenvalue weighted by molar-refractivity contribution is 7.91. The van der Waals surface area contributed by atoms with Gasteiger partial charge in [0.2, 0.25) is 5.88 Å². The molecule has 0 fully saturated rings. The summed E-state index contributed by atoms with van der Waals surface area (Å²) in [6, 6.07) is 1.14. The van der Waals surface area contributed by atoms with Gasteiger partial charge in [-0.15, -0.1) is 4.36 Å². The molecular formula is C18H21N5O4S. The van der Waals surface area contributed by atoms with Gasteiger partial charge < -0.3 is 15.2 Å². The van der Waals surface area contributed by atoms with Gasteiger partial charge in [-0.2, -0.15) is 5.10 Å². The molecule has 1 unspecified atom stereocenters. The van der Waals surface area contributed by atoms with Crippen LogP contribution in [0.5, 0.6) is 5.88 Å². The molecule has 0 saturated carbocycles. The number of nitrogens with two attached hydrogens (primary N) is 1. The maximum absolute atomic E-state index is 13.0. The van der Waals surface area contributed by atoms with Gasteiger partial charge in [0.05, 0.1) is 12.8 Å². The lowest BCUT2D eigenvalue weighted by molar-refractivity contribution is 0.206. The number of anilines is 1. The zero-order chi connectivity index (χ0) is 19.5. The first-order chi connectivity index (χ1) is 13.5. The van der Waals surface area contributed by atoms with Gasteiger partial charge in [-0.3, -0.25) is 0 Å². The summed E-state index contributed by atoms with van der Waals surface area (Å²) >= 11 is 0. The van der Waals surface area contributed by atoms with Crippen LogP contribution in [0.1, 0.15) is 34.7 Å².